The molecule has 6 rings (SSSR count). The first-order valence-electron chi connectivity index (χ1n) is 14.9. The minimum absolute atomic E-state index is 0.0798. The lowest BCUT2D eigenvalue weighted by Crippen LogP contribution is -2.54. The van der Waals surface area contributed by atoms with Crippen molar-refractivity contribution in [1.82, 2.24) is 24.6 Å². The predicted molar refractivity (Wildman–Crippen MR) is 161 cm³/mol. The number of carbonyl (C=O) groups excluding carboxylic acids is 1. The quantitative estimate of drug-likeness (QED) is 0.446. The van der Waals surface area contributed by atoms with E-state index in [1.165, 1.54) is 35.6 Å². The van der Waals surface area contributed by atoms with Gasteiger partial charge >= 0.3 is 0 Å². The number of carbonyl (C=O) groups is 1. The van der Waals surface area contributed by atoms with Crippen LogP contribution in [-0.4, -0.2) is 68.7 Å². The predicted octanol–water partition coefficient (Wildman–Crippen LogP) is 4.84. The summed E-state index contributed by atoms with van der Waals surface area (Å²) in [7, 11) is 0. The highest BCUT2D eigenvalue weighted by Crippen LogP contribution is 2.42. The zero-order chi connectivity index (χ0) is 28.0. The van der Waals surface area contributed by atoms with Crippen LogP contribution < -0.4 is 10.5 Å². The normalized spacial score (nSPS) is 22.2. The maximum atomic E-state index is 13.9. The molecule has 1 saturated heterocycles. The van der Waals surface area contributed by atoms with Crippen molar-refractivity contribution in [1.29, 1.82) is 0 Å². The van der Waals surface area contributed by atoms with E-state index in [0.29, 0.717) is 36.8 Å². The molecule has 1 aliphatic carbocycles. The van der Waals surface area contributed by atoms with Crippen molar-refractivity contribution in [2.24, 2.45) is 0 Å². The number of anilines is 1. The molecule has 0 bridgehead atoms. The third-order valence-electron chi connectivity index (χ3n) is 9.38. The smallest absolute Gasteiger partial charge is 0.255 e. The Morgan fingerprint density at radius 1 is 1.10 bits per heavy atom. The molecule has 5 heterocycles. The number of nitrogens with one attached hydrogen (secondary N) is 1. The maximum absolute atomic E-state index is 13.9. The lowest BCUT2D eigenvalue weighted by molar-refractivity contribution is 0.0334. The van der Waals surface area contributed by atoms with Gasteiger partial charge in [-0.15, -0.1) is 11.3 Å². The van der Waals surface area contributed by atoms with Gasteiger partial charge in [0.15, 0.2) is 0 Å². The summed E-state index contributed by atoms with van der Waals surface area (Å²) in [4.78, 5) is 37.9. The number of hydrogen-bond donors (Lipinski definition) is 1. The lowest BCUT2D eigenvalue weighted by atomic mass is 9.87. The zero-order valence-corrected chi connectivity index (χ0v) is 25.1. The summed E-state index contributed by atoms with van der Waals surface area (Å²) in [5, 5.41) is 5.70. The van der Waals surface area contributed by atoms with Crippen LogP contribution in [-0.2, 0) is 13.0 Å². The van der Waals surface area contributed by atoms with Crippen LogP contribution in [0.2, 0.25) is 0 Å². The molecule has 2 aliphatic heterocycles. The number of aromatic amines is 1. The van der Waals surface area contributed by atoms with Crippen molar-refractivity contribution < 1.29 is 4.79 Å². The largest absolute Gasteiger partial charge is 0.361 e. The molecule has 0 radical (unpaired) electrons. The van der Waals surface area contributed by atoms with Crippen LogP contribution >= 0.6 is 11.3 Å². The van der Waals surface area contributed by atoms with Crippen LogP contribution in [0.1, 0.15) is 82.7 Å². The monoisotopic (exact) mass is 562 g/mol. The number of H-pyrrole nitrogens is 1. The Hall–Kier alpha value is -2.91. The van der Waals surface area contributed by atoms with Gasteiger partial charge in [0.2, 0.25) is 0 Å². The Balaban J connectivity index is 1.14. The van der Waals surface area contributed by atoms with Gasteiger partial charge in [0.05, 0.1) is 23.2 Å². The second-order valence-corrected chi connectivity index (χ2v) is 13.0. The van der Waals surface area contributed by atoms with Crippen LogP contribution in [0.3, 0.4) is 0 Å². The number of likely N-dealkylation sites (tertiary alicyclic amines) is 1. The first-order valence-corrected chi connectivity index (χ1v) is 15.8. The summed E-state index contributed by atoms with van der Waals surface area (Å²) in [6.07, 6.45) is 10.6. The van der Waals surface area contributed by atoms with Crippen molar-refractivity contribution in [2.75, 3.05) is 31.1 Å². The van der Waals surface area contributed by atoms with E-state index in [9.17, 15) is 9.59 Å². The maximum Gasteiger partial charge on any atom is 0.255 e. The zero-order valence-electron chi connectivity index (χ0n) is 24.3. The second-order valence-electron chi connectivity index (χ2n) is 11.9. The van der Waals surface area contributed by atoms with E-state index in [2.05, 4.69) is 44.6 Å². The van der Waals surface area contributed by atoms with Gasteiger partial charge in [0.1, 0.15) is 0 Å². The first-order chi connectivity index (χ1) is 19.3. The number of aryl methyl sites for hydroxylation is 3. The van der Waals surface area contributed by atoms with Gasteiger partial charge in [0.25, 0.3) is 11.5 Å². The summed E-state index contributed by atoms with van der Waals surface area (Å²) in [5.74, 6) is 0.0798. The van der Waals surface area contributed by atoms with E-state index in [1.54, 1.807) is 0 Å². The summed E-state index contributed by atoms with van der Waals surface area (Å²) >= 11 is 1.83. The molecule has 2 fully saturated rings. The van der Waals surface area contributed by atoms with E-state index in [1.807, 2.05) is 48.4 Å². The van der Waals surface area contributed by atoms with Crippen LogP contribution in [0, 0.1) is 20.8 Å². The Morgan fingerprint density at radius 3 is 2.55 bits per heavy atom. The molecule has 40 heavy (non-hydrogen) atoms. The Labute approximate surface area is 241 Å². The van der Waals surface area contributed by atoms with Crippen LogP contribution in [0.5, 0.6) is 0 Å². The number of nitrogens with zero attached hydrogens (tertiary/aromatic N) is 5. The SMILES string of the molecule is CCN(c1sc2c(c1C)C(=O)N(Cc1c(C)cc(C)[nH]c1=O)CCC2)[C@H]1CC[C@H](N2CC(n3cccn3)C2)CC1. The third kappa shape index (κ3) is 5.02. The van der Waals surface area contributed by atoms with E-state index in [-0.39, 0.29) is 11.5 Å². The lowest BCUT2D eigenvalue weighted by Gasteiger charge is -2.47. The Morgan fingerprint density at radius 2 is 1.88 bits per heavy atom. The summed E-state index contributed by atoms with van der Waals surface area (Å²) in [6, 6.07) is 5.72. The number of fused-ring (bicyclic) bond motifs is 1. The fourth-order valence-electron chi connectivity index (χ4n) is 7.15. The van der Waals surface area contributed by atoms with Crippen molar-refractivity contribution in [3.8, 4) is 0 Å². The molecule has 9 heteroatoms. The highest BCUT2D eigenvalue weighted by molar-refractivity contribution is 7.16. The molecule has 3 aromatic rings. The van der Waals surface area contributed by atoms with E-state index in [0.717, 1.165) is 54.9 Å². The molecule has 1 amide bonds. The molecule has 0 spiro atoms. The van der Waals surface area contributed by atoms with E-state index in [4.69, 9.17) is 0 Å². The average Bonchev–Trinajstić information content (AvgIpc) is 3.50. The fourth-order valence-corrected chi connectivity index (χ4v) is 8.63. The van der Waals surface area contributed by atoms with E-state index < -0.39 is 0 Å². The highest BCUT2D eigenvalue weighted by Gasteiger charge is 2.37. The third-order valence-corrected chi connectivity index (χ3v) is 10.8. The highest BCUT2D eigenvalue weighted by atomic mass is 32.1. The molecule has 0 atom stereocenters. The second kappa shape index (κ2) is 11.2. The van der Waals surface area contributed by atoms with Gasteiger partial charge in [0, 0.05) is 66.8 Å². The first kappa shape index (κ1) is 27.3. The van der Waals surface area contributed by atoms with Crippen molar-refractivity contribution >= 4 is 22.2 Å². The number of amides is 1. The minimum Gasteiger partial charge on any atom is -0.361 e. The molecule has 3 aliphatic rings. The van der Waals surface area contributed by atoms with E-state index >= 15 is 0 Å². The van der Waals surface area contributed by atoms with Crippen LogP contribution in [0.15, 0.2) is 29.3 Å². The molecule has 214 valence electrons. The summed E-state index contributed by atoms with van der Waals surface area (Å²) in [6.45, 7) is 12.5. The topological polar surface area (TPSA) is 77.5 Å². The fraction of sp³-hybridized carbons (Fsp3) is 0.581. The van der Waals surface area contributed by atoms with Gasteiger partial charge in [-0.2, -0.15) is 5.10 Å². The number of pyridine rings is 1. The van der Waals surface area contributed by atoms with Crippen LogP contribution in [0.4, 0.5) is 5.00 Å². The standard InChI is InChI=1S/C31H42N6O2S/c1-5-36(24-11-9-23(10-12-24)35-17-25(18-35)37-15-7-13-32-37)31-22(4)28-27(40-31)8-6-14-34(30(28)39)19-26-20(2)16-21(3)33-29(26)38/h7,13,15-16,23-25H,5-6,8-12,14,17-19H2,1-4H3,(H,33,38)/t23-,24-. The summed E-state index contributed by atoms with van der Waals surface area (Å²) < 4.78 is 2.10. The Kier molecular flexibility index (Phi) is 7.61. The average molecular weight is 563 g/mol. The number of aromatic nitrogens is 3. The minimum atomic E-state index is -0.0830. The number of rotatable bonds is 7. The molecule has 3 aromatic heterocycles. The molecule has 0 aromatic carbocycles. The van der Waals surface area contributed by atoms with Gasteiger partial charge in [-0.05, 0) is 89.5 Å². The van der Waals surface area contributed by atoms with Gasteiger partial charge < -0.3 is 14.8 Å². The number of thiophene rings is 1. The van der Waals surface area contributed by atoms with Crippen molar-refractivity contribution in [3.63, 3.8) is 0 Å². The summed E-state index contributed by atoms with van der Waals surface area (Å²) in [5.41, 5.74) is 4.42. The molecule has 0 unspecified atom stereocenters. The molecule has 8 nitrogen and oxygen atoms in total. The molecule has 1 N–H and O–H groups in total. The molecular weight excluding hydrogens is 520 g/mol. The number of hydrogen-bond acceptors (Lipinski definition) is 6. The van der Waals surface area contributed by atoms with Gasteiger partial charge in [-0.25, -0.2) is 0 Å². The molecule has 1 saturated carbocycles. The Bertz CT molecular complexity index is 1410. The van der Waals surface area contributed by atoms with Gasteiger partial charge in [-0.3, -0.25) is 19.2 Å². The van der Waals surface area contributed by atoms with Crippen molar-refractivity contribution in [2.45, 2.75) is 90.9 Å². The molecular formula is C31H42N6O2S. The van der Waals surface area contributed by atoms with Gasteiger partial charge in [-0.1, -0.05) is 0 Å². The van der Waals surface area contributed by atoms with Crippen LogP contribution in [0.25, 0.3) is 0 Å². The van der Waals surface area contributed by atoms with Crippen molar-refractivity contribution in [3.05, 3.63) is 67.7 Å².